The lowest BCUT2D eigenvalue weighted by Gasteiger charge is -2.11. The van der Waals surface area contributed by atoms with Crippen LogP contribution in [0.3, 0.4) is 0 Å². The zero-order valence-corrected chi connectivity index (χ0v) is 7.81. The number of hydrogen-bond acceptors (Lipinski definition) is 3. The summed E-state index contributed by atoms with van der Waals surface area (Å²) in [6.45, 7) is 0. The number of rotatable bonds is 2. The van der Waals surface area contributed by atoms with Gasteiger partial charge in [-0.3, -0.25) is 5.10 Å². The highest BCUT2D eigenvalue weighted by atomic mass is 19.1. The summed E-state index contributed by atoms with van der Waals surface area (Å²) in [7, 11) is 0. The van der Waals surface area contributed by atoms with Crippen LogP contribution in [0.25, 0.3) is 0 Å². The van der Waals surface area contributed by atoms with E-state index in [1.165, 1.54) is 30.6 Å². The van der Waals surface area contributed by atoms with Crippen LogP contribution in [-0.4, -0.2) is 15.3 Å². The van der Waals surface area contributed by atoms with Crippen molar-refractivity contribution in [3.8, 4) is 0 Å². The Kier molecular flexibility index (Phi) is 2.39. The number of nitrogens with zero attached hydrogens (tertiary/aromatic N) is 1. The molecule has 0 fully saturated rings. The van der Waals surface area contributed by atoms with E-state index in [4.69, 9.17) is 5.73 Å². The molecule has 0 amide bonds. The van der Waals surface area contributed by atoms with Gasteiger partial charge in [0.05, 0.1) is 6.20 Å². The van der Waals surface area contributed by atoms with Gasteiger partial charge < -0.3 is 10.8 Å². The van der Waals surface area contributed by atoms with Gasteiger partial charge in [0.15, 0.2) is 0 Å². The van der Waals surface area contributed by atoms with E-state index in [0.717, 1.165) is 0 Å². The first-order chi connectivity index (χ1) is 7.18. The molecule has 4 nitrogen and oxygen atoms in total. The predicted molar refractivity (Wildman–Crippen MR) is 53.5 cm³/mol. The Morgan fingerprint density at radius 2 is 2.27 bits per heavy atom. The fourth-order valence-corrected chi connectivity index (χ4v) is 1.37. The first kappa shape index (κ1) is 9.67. The minimum atomic E-state index is -0.959. The summed E-state index contributed by atoms with van der Waals surface area (Å²) in [5.74, 6) is -0.429. The van der Waals surface area contributed by atoms with Gasteiger partial charge in [0.2, 0.25) is 0 Å². The summed E-state index contributed by atoms with van der Waals surface area (Å²) in [5.41, 5.74) is 6.88. The van der Waals surface area contributed by atoms with Crippen LogP contribution < -0.4 is 5.73 Å². The molecule has 2 aromatic rings. The van der Waals surface area contributed by atoms with Gasteiger partial charge in [-0.25, -0.2) is 4.39 Å². The Balaban J connectivity index is 2.41. The first-order valence-corrected chi connectivity index (χ1v) is 4.40. The zero-order chi connectivity index (χ0) is 10.8. The van der Waals surface area contributed by atoms with Crippen LogP contribution >= 0.6 is 0 Å². The molecule has 0 saturated heterocycles. The van der Waals surface area contributed by atoms with Gasteiger partial charge in [-0.05, 0) is 18.2 Å². The summed E-state index contributed by atoms with van der Waals surface area (Å²) in [4.78, 5) is 0. The molecule has 1 aromatic heterocycles. The third-order valence-corrected chi connectivity index (χ3v) is 2.18. The van der Waals surface area contributed by atoms with E-state index >= 15 is 0 Å². The molecule has 0 bridgehead atoms. The Labute approximate surface area is 85.6 Å². The maximum absolute atomic E-state index is 13.0. The van der Waals surface area contributed by atoms with Crippen LogP contribution in [0.15, 0.2) is 30.6 Å². The normalized spacial score (nSPS) is 12.7. The van der Waals surface area contributed by atoms with Crippen LogP contribution in [0.1, 0.15) is 17.2 Å². The van der Waals surface area contributed by atoms with Crippen LogP contribution in [0.2, 0.25) is 0 Å². The second-order valence-electron chi connectivity index (χ2n) is 3.21. The summed E-state index contributed by atoms with van der Waals surface area (Å²) >= 11 is 0. The van der Waals surface area contributed by atoms with Crippen molar-refractivity contribution in [3.05, 3.63) is 47.5 Å². The van der Waals surface area contributed by atoms with Gasteiger partial charge in [0.25, 0.3) is 0 Å². The molecular weight excluding hydrogens is 197 g/mol. The summed E-state index contributed by atoms with van der Waals surface area (Å²) < 4.78 is 13.0. The number of aliphatic hydroxyl groups is 1. The van der Waals surface area contributed by atoms with Gasteiger partial charge >= 0.3 is 0 Å². The standard InChI is InChI=1S/C10H10FN3O/c11-7-1-2-9(12)8(3-7)10(15)6-4-13-14-5-6/h1-5,10,15H,12H2,(H,13,14). The van der Waals surface area contributed by atoms with Gasteiger partial charge in [0.1, 0.15) is 11.9 Å². The van der Waals surface area contributed by atoms with Crippen LogP contribution in [0, 0.1) is 5.82 Å². The molecule has 4 N–H and O–H groups in total. The van der Waals surface area contributed by atoms with Gasteiger partial charge in [-0.2, -0.15) is 5.10 Å². The van der Waals surface area contributed by atoms with E-state index in [1.54, 1.807) is 0 Å². The van der Waals surface area contributed by atoms with Crippen molar-refractivity contribution >= 4 is 5.69 Å². The molecule has 0 aliphatic rings. The maximum Gasteiger partial charge on any atom is 0.123 e. The molecular formula is C10H10FN3O. The molecule has 0 radical (unpaired) electrons. The smallest absolute Gasteiger partial charge is 0.123 e. The molecule has 0 aliphatic carbocycles. The number of aromatic amines is 1. The third-order valence-electron chi connectivity index (χ3n) is 2.18. The SMILES string of the molecule is Nc1ccc(F)cc1C(O)c1cn[nH]c1. The number of hydrogen-bond donors (Lipinski definition) is 3. The Hall–Kier alpha value is -1.88. The topological polar surface area (TPSA) is 74.9 Å². The van der Waals surface area contributed by atoms with E-state index < -0.39 is 11.9 Å². The number of anilines is 1. The number of nitrogen functional groups attached to an aromatic ring is 1. The minimum absolute atomic E-state index is 0.344. The lowest BCUT2D eigenvalue weighted by Crippen LogP contribution is -2.03. The molecule has 1 aromatic carbocycles. The summed E-state index contributed by atoms with van der Waals surface area (Å²) in [5, 5.41) is 16.2. The van der Waals surface area contributed by atoms with Crippen molar-refractivity contribution in [2.24, 2.45) is 0 Å². The lowest BCUT2D eigenvalue weighted by atomic mass is 10.0. The summed E-state index contributed by atoms with van der Waals surface area (Å²) in [6.07, 6.45) is 2.05. The van der Waals surface area contributed by atoms with Crippen molar-refractivity contribution in [1.29, 1.82) is 0 Å². The molecule has 0 saturated carbocycles. The van der Waals surface area contributed by atoms with E-state index in [1.807, 2.05) is 0 Å². The fraction of sp³-hybridized carbons (Fsp3) is 0.100. The van der Waals surface area contributed by atoms with Gasteiger partial charge in [-0.15, -0.1) is 0 Å². The van der Waals surface area contributed by atoms with E-state index in [9.17, 15) is 9.50 Å². The molecule has 15 heavy (non-hydrogen) atoms. The minimum Gasteiger partial charge on any atom is -0.398 e. The maximum atomic E-state index is 13.0. The molecule has 78 valence electrons. The van der Waals surface area contributed by atoms with Gasteiger partial charge in [-0.1, -0.05) is 0 Å². The highest BCUT2D eigenvalue weighted by molar-refractivity contribution is 5.50. The average molecular weight is 207 g/mol. The van der Waals surface area contributed by atoms with E-state index in [0.29, 0.717) is 16.8 Å². The fourth-order valence-electron chi connectivity index (χ4n) is 1.37. The number of aliphatic hydroxyl groups excluding tert-OH is 1. The largest absolute Gasteiger partial charge is 0.398 e. The van der Waals surface area contributed by atoms with E-state index in [-0.39, 0.29) is 0 Å². The molecule has 1 unspecified atom stereocenters. The van der Waals surface area contributed by atoms with Crippen molar-refractivity contribution < 1.29 is 9.50 Å². The Morgan fingerprint density at radius 1 is 1.47 bits per heavy atom. The molecule has 2 rings (SSSR count). The van der Waals surface area contributed by atoms with Crippen LogP contribution in [-0.2, 0) is 0 Å². The number of H-pyrrole nitrogens is 1. The highest BCUT2D eigenvalue weighted by Crippen LogP contribution is 2.26. The Morgan fingerprint density at radius 3 is 2.93 bits per heavy atom. The lowest BCUT2D eigenvalue weighted by molar-refractivity contribution is 0.220. The van der Waals surface area contributed by atoms with Crippen molar-refractivity contribution in [2.45, 2.75) is 6.10 Å². The second kappa shape index (κ2) is 3.70. The monoisotopic (exact) mass is 207 g/mol. The molecule has 1 heterocycles. The van der Waals surface area contributed by atoms with Gasteiger partial charge in [0, 0.05) is 23.0 Å². The number of nitrogens with two attached hydrogens (primary N) is 1. The number of benzene rings is 1. The quantitative estimate of drug-likeness (QED) is 0.648. The van der Waals surface area contributed by atoms with Crippen molar-refractivity contribution in [3.63, 3.8) is 0 Å². The predicted octanol–water partition coefficient (Wildman–Crippen LogP) is 1.21. The van der Waals surface area contributed by atoms with Crippen molar-refractivity contribution in [1.82, 2.24) is 10.2 Å². The molecule has 0 aliphatic heterocycles. The average Bonchev–Trinajstić information content (AvgIpc) is 2.74. The number of aromatic nitrogens is 2. The first-order valence-electron chi connectivity index (χ1n) is 4.40. The van der Waals surface area contributed by atoms with Crippen molar-refractivity contribution in [2.75, 3.05) is 5.73 Å². The van der Waals surface area contributed by atoms with Crippen LogP contribution in [0.4, 0.5) is 10.1 Å². The van der Waals surface area contributed by atoms with Crippen LogP contribution in [0.5, 0.6) is 0 Å². The van der Waals surface area contributed by atoms with E-state index in [2.05, 4.69) is 10.2 Å². The number of nitrogens with one attached hydrogen (secondary N) is 1. The highest BCUT2D eigenvalue weighted by Gasteiger charge is 2.14. The zero-order valence-electron chi connectivity index (χ0n) is 7.81. The molecule has 5 heteroatoms. The Bertz CT molecular complexity index is 456. The molecule has 0 spiro atoms. The number of halogens is 1. The third kappa shape index (κ3) is 1.82. The summed E-state index contributed by atoms with van der Waals surface area (Å²) in [6, 6.07) is 3.89. The second-order valence-corrected chi connectivity index (χ2v) is 3.21. The molecule has 1 atom stereocenters.